The molecule has 4 heterocycles. The van der Waals surface area contributed by atoms with Gasteiger partial charge in [0.1, 0.15) is 29.8 Å². The summed E-state index contributed by atoms with van der Waals surface area (Å²) < 4.78 is 25.6. The maximum absolute atomic E-state index is 14.0. The van der Waals surface area contributed by atoms with Gasteiger partial charge in [0.05, 0.1) is 24.4 Å². The molecule has 0 radical (unpaired) electrons. The molecule has 0 unspecified atom stereocenters. The second-order valence-corrected chi connectivity index (χ2v) is 13.5. The lowest BCUT2D eigenvalue weighted by Crippen LogP contribution is -2.61. The van der Waals surface area contributed by atoms with Crippen molar-refractivity contribution >= 4 is 5.97 Å². The van der Waals surface area contributed by atoms with Crippen molar-refractivity contribution in [3.8, 4) is 0 Å². The molecule has 5 aliphatic rings. The number of carbonyl (C=O) groups excluding carboxylic acids is 1. The summed E-state index contributed by atoms with van der Waals surface area (Å²) in [7, 11) is 0. The summed E-state index contributed by atoms with van der Waals surface area (Å²) in [5.74, 6) is -2.46. The van der Waals surface area contributed by atoms with Crippen LogP contribution in [-0.2, 0) is 23.7 Å². The molecular weight excluding hydrogens is 546 g/mol. The minimum absolute atomic E-state index is 0.0723. The van der Waals surface area contributed by atoms with Gasteiger partial charge in [-0.25, -0.2) is 0 Å². The molecule has 8 nitrogen and oxygen atoms in total. The first-order valence-electron chi connectivity index (χ1n) is 15.7. The smallest absolute Gasteiger partial charge is 0.316 e. The Labute approximate surface area is 256 Å². The number of esters is 1. The third-order valence-corrected chi connectivity index (χ3v) is 10.0. The minimum Gasteiger partial charge on any atom is -0.462 e. The molecule has 0 aromatic carbocycles. The molecule has 0 saturated carbocycles. The maximum Gasteiger partial charge on any atom is 0.316 e. The Morgan fingerprint density at radius 1 is 1.23 bits per heavy atom. The van der Waals surface area contributed by atoms with E-state index in [1.807, 2.05) is 37.3 Å². The van der Waals surface area contributed by atoms with Crippen molar-refractivity contribution < 1.29 is 34.0 Å². The lowest BCUT2D eigenvalue weighted by molar-refractivity contribution is -0.302. The fraction of sp³-hybridized carbons (Fsp3) is 0.629. The first-order valence-corrected chi connectivity index (χ1v) is 15.7. The predicted octanol–water partition coefficient (Wildman–Crippen LogP) is 4.58. The van der Waals surface area contributed by atoms with Crippen molar-refractivity contribution in [2.75, 3.05) is 6.61 Å². The number of carbonyl (C=O) groups is 1. The van der Waals surface area contributed by atoms with Crippen LogP contribution in [0.1, 0.15) is 66.7 Å². The number of hydrogen-bond donors (Lipinski definition) is 3. The van der Waals surface area contributed by atoms with Crippen LogP contribution in [-0.4, -0.2) is 70.2 Å². The monoisotopic (exact) mass is 595 g/mol. The number of allylic oxidation sites excluding steroid dienone is 5. The number of aliphatic hydroxyl groups is 2. The predicted molar refractivity (Wildman–Crippen MR) is 165 cm³/mol. The topological polar surface area (TPSA) is 120 Å². The lowest BCUT2D eigenvalue weighted by atomic mass is 9.71. The van der Waals surface area contributed by atoms with E-state index in [9.17, 15) is 15.0 Å². The zero-order chi connectivity index (χ0) is 31.2. The van der Waals surface area contributed by atoms with Gasteiger partial charge in [0.25, 0.3) is 0 Å². The molecule has 2 fully saturated rings. The van der Waals surface area contributed by atoms with Crippen molar-refractivity contribution in [2.45, 2.75) is 114 Å². The van der Waals surface area contributed by atoms with Gasteiger partial charge in [0.2, 0.25) is 0 Å². The molecule has 2 bridgehead atoms. The summed E-state index contributed by atoms with van der Waals surface area (Å²) in [6, 6.07) is 0. The first kappa shape index (κ1) is 32.1. The fourth-order valence-corrected chi connectivity index (χ4v) is 7.26. The highest BCUT2D eigenvalue weighted by molar-refractivity contribution is 5.78. The number of hydrogen-bond acceptors (Lipinski definition) is 8. The molecule has 2 saturated heterocycles. The Morgan fingerprint density at radius 3 is 2.72 bits per heavy atom. The van der Waals surface area contributed by atoms with Gasteiger partial charge in [-0.05, 0) is 62.7 Å². The Hall–Kier alpha value is -2.33. The summed E-state index contributed by atoms with van der Waals surface area (Å²) in [4.78, 5) is 14.0. The normalized spacial score (nSPS) is 47.3. The van der Waals surface area contributed by atoms with E-state index in [2.05, 4.69) is 33.4 Å². The van der Waals surface area contributed by atoms with Crippen molar-refractivity contribution in [2.24, 2.45) is 23.5 Å². The number of rotatable bonds is 3. The third kappa shape index (κ3) is 6.15. The number of ether oxygens (including phenoxy) is 4. The molecular formula is C35H49NO7. The van der Waals surface area contributed by atoms with Gasteiger partial charge in [-0.3, -0.25) is 4.79 Å². The van der Waals surface area contributed by atoms with Gasteiger partial charge in [-0.1, -0.05) is 68.4 Å². The summed E-state index contributed by atoms with van der Waals surface area (Å²) in [5.41, 5.74) is 6.53. The van der Waals surface area contributed by atoms with E-state index in [1.54, 1.807) is 19.1 Å². The van der Waals surface area contributed by atoms with Crippen LogP contribution in [0, 0.1) is 17.8 Å². The summed E-state index contributed by atoms with van der Waals surface area (Å²) in [6.45, 7) is 14.1. The van der Waals surface area contributed by atoms with Crippen LogP contribution in [0.3, 0.4) is 0 Å². The highest BCUT2D eigenvalue weighted by Gasteiger charge is 2.60. The molecule has 236 valence electrons. The highest BCUT2D eigenvalue weighted by Crippen LogP contribution is 2.47. The van der Waals surface area contributed by atoms with E-state index in [0.717, 1.165) is 12.8 Å². The molecule has 0 aromatic heterocycles. The van der Waals surface area contributed by atoms with Crippen molar-refractivity contribution in [3.63, 3.8) is 0 Å². The number of fused-ring (bicyclic) bond motifs is 2. The van der Waals surface area contributed by atoms with E-state index in [-0.39, 0.29) is 30.7 Å². The molecule has 4 N–H and O–H groups in total. The average molecular weight is 596 g/mol. The van der Waals surface area contributed by atoms with Crippen molar-refractivity contribution in [1.82, 2.24) is 0 Å². The molecule has 8 heteroatoms. The zero-order valence-electron chi connectivity index (χ0n) is 26.2. The Bertz CT molecular complexity index is 1250. The molecule has 0 amide bonds. The Morgan fingerprint density at radius 2 is 2.00 bits per heavy atom. The van der Waals surface area contributed by atoms with Gasteiger partial charge < -0.3 is 34.9 Å². The fourth-order valence-electron chi connectivity index (χ4n) is 7.26. The second kappa shape index (κ2) is 12.2. The van der Waals surface area contributed by atoms with Gasteiger partial charge >= 0.3 is 5.97 Å². The summed E-state index contributed by atoms with van der Waals surface area (Å²) in [5, 5.41) is 23.1. The van der Waals surface area contributed by atoms with Gasteiger partial charge in [-0.2, -0.15) is 0 Å². The molecule has 43 heavy (non-hydrogen) atoms. The van der Waals surface area contributed by atoms with Crippen LogP contribution < -0.4 is 5.73 Å². The van der Waals surface area contributed by atoms with Crippen molar-refractivity contribution in [1.29, 1.82) is 0 Å². The van der Waals surface area contributed by atoms with Gasteiger partial charge in [-0.15, -0.1) is 6.58 Å². The standard InChI is InChI=1S/C35H49NO7/c1-7-22(4)30-33(6,36)14-15-34(43-30)19-27-18-26(42-34)13-12-21(3)16-24(8-2)10-9-11-25-20-40-31-29(37)23(5)17-28(32(38)41-27)35(25,31)39/h8-12,14-15,17,22,24,26-31,37,39H,2,7,13,16,18-20,36H2,1,3-6H3/b10-9+,21-12+,25-11+/t22-,24+,26-,27+,28+,29-,30-,31-,33-,34-,35-/m1/s1. The average Bonchev–Trinajstić information content (AvgIpc) is 3.30. The van der Waals surface area contributed by atoms with Gasteiger partial charge in [0.15, 0.2) is 5.79 Å². The SMILES string of the molecule is C=C[C@H]1/C=C/C=C2\CO[C@@H]3[C@H](O)C(C)=C[C@@H](C(=O)O[C@H]4C[C@@H](C/C=C(\C)C1)O[C@@]1(C=C[C@@](C)(N)[C@@H]([C@H](C)CC)O1)C4)[C@]23O. The number of nitrogens with two attached hydrogens (primary N) is 1. The zero-order valence-corrected chi connectivity index (χ0v) is 26.2. The van der Waals surface area contributed by atoms with E-state index < -0.39 is 47.1 Å². The maximum atomic E-state index is 14.0. The summed E-state index contributed by atoms with van der Waals surface area (Å²) >= 11 is 0. The second-order valence-electron chi connectivity index (χ2n) is 13.5. The first-order chi connectivity index (χ1) is 20.3. The molecule has 1 aliphatic carbocycles. The van der Waals surface area contributed by atoms with Crippen LogP contribution >= 0.6 is 0 Å². The largest absolute Gasteiger partial charge is 0.462 e. The van der Waals surface area contributed by atoms with E-state index in [4.69, 9.17) is 24.7 Å². The summed E-state index contributed by atoms with van der Waals surface area (Å²) in [6.07, 6.45) is 15.2. The van der Waals surface area contributed by atoms with Crippen LogP contribution in [0.25, 0.3) is 0 Å². The third-order valence-electron chi connectivity index (χ3n) is 10.0. The van der Waals surface area contributed by atoms with Crippen LogP contribution in [0.2, 0.25) is 0 Å². The molecule has 0 aromatic rings. The van der Waals surface area contributed by atoms with Crippen LogP contribution in [0.4, 0.5) is 0 Å². The van der Waals surface area contributed by atoms with E-state index in [0.29, 0.717) is 30.4 Å². The molecule has 4 aliphatic heterocycles. The quantitative estimate of drug-likeness (QED) is 0.320. The minimum atomic E-state index is -1.75. The van der Waals surface area contributed by atoms with Gasteiger partial charge in [0, 0.05) is 12.8 Å². The lowest BCUT2D eigenvalue weighted by Gasteiger charge is -2.50. The molecule has 11 atom stereocenters. The Balaban J connectivity index is 1.55. The Kier molecular flexibility index (Phi) is 9.12. The number of aliphatic hydroxyl groups excluding tert-OH is 1. The van der Waals surface area contributed by atoms with Crippen LogP contribution in [0.15, 0.2) is 71.9 Å². The van der Waals surface area contributed by atoms with E-state index in [1.165, 1.54) is 5.57 Å². The van der Waals surface area contributed by atoms with Crippen LogP contribution in [0.5, 0.6) is 0 Å². The van der Waals surface area contributed by atoms with Crippen molar-refractivity contribution in [3.05, 3.63) is 71.9 Å². The highest BCUT2D eigenvalue weighted by atomic mass is 16.7. The molecule has 1 spiro atoms. The van der Waals surface area contributed by atoms with E-state index >= 15 is 0 Å². The molecule has 5 rings (SSSR count).